The van der Waals surface area contributed by atoms with Crippen molar-refractivity contribution in [3.05, 3.63) is 92.8 Å². The highest BCUT2D eigenvalue weighted by Gasteiger charge is 2.71. The monoisotopic (exact) mass is 491 g/mol. The molecule has 7 unspecified atom stereocenters. The van der Waals surface area contributed by atoms with Gasteiger partial charge in [-0.2, -0.15) is 0 Å². The van der Waals surface area contributed by atoms with E-state index in [-0.39, 0.29) is 51.2 Å². The molecule has 37 heavy (non-hydrogen) atoms. The number of fused-ring (bicyclic) bond motifs is 5. The second kappa shape index (κ2) is 5.98. The molecule has 2 aliphatic heterocycles. The fraction of sp³-hybridized carbons (Fsp3) is 0.500. The lowest BCUT2D eigenvalue weighted by atomic mass is 9.40. The fourth-order valence-electron chi connectivity index (χ4n) is 10.4. The third-order valence-electron chi connectivity index (χ3n) is 12.7. The van der Waals surface area contributed by atoms with E-state index in [1.165, 1.54) is 28.3 Å². The summed E-state index contributed by atoms with van der Waals surface area (Å²) in [4.78, 5) is 28.7. The lowest BCUT2D eigenvalue weighted by molar-refractivity contribution is -0.00618. The standard InChI is InChI=1S/C32H33N3O2/c1-29(2)21-13-14-30(29,3)25(18-21)33-27(36)34-23-10-11-24(35(34)28(33)37)32-17-16-31(23,32)15-12-20-9-8-19-6-4-5-7-22(19)26(20)32/h4-11,16-17,21,23-25H,12-15,18H2,1-3H3. The maximum atomic E-state index is 14.4. The van der Waals surface area contributed by atoms with Crippen LogP contribution in [0.1, 0.15) is 75.7 Å². The Morgan fingerprint density at radius 3 is 2.32 bits per heavy atom. The highest BCUT2D eigenvalue weighted by Crippen LogP contribution is 2.73. The summed E-state index contributed by atoms with van der Waals surface area (Å²) in [6.07, 6.45) is 14.5. The van der Waals surface area contributed by atoms with E-state index >= 15 is 0 Å². The molecule has 0 radical (unpaired) electrons. The zero-order valence-electron chi connectivity index (χ0n) is 21.8. The maximum Gasteiger partial charge on any atom is 0.348 e. The van der Waals surface area contributed by atoms with Gasteiger partial charge in [-0.05, 0) is 70.8 Å². The number of aromatic nitrogens is 3. The predicted molar refractivity (Wildman–Crippen MR) is 144 cm³/mol. The Morgan fingerprint density at radius 2 is 1.62 bits per heavy atom. The summed E-state index contributed by atoms with van der Waals surface area (Å²) in [6, 6.07) is 12.9. The molecule has 2 saturated carbocycles. The molecule has 0 amide bonds. The van der Waals surface area contributed by atoms with Crippen LogP contribution in [0.4, 0.5) is 0 Å². The Labute approximate surface area is 216 Å². The maximum absolute atomic E-state index is 14.4. The van der Waals surface area contributed by atoms with Crippen molar-refractivity contribution in [3.63, 3.8) is 0 Å². The Balaban J connectivity index is 1.32. The van der Waals surface area contributed by atoms with Crippen LogP contribution >= 0.6 is 0 Å². The first kappa shape index (κ1) is 20.9. The Kier molecular flexibility index (Phi) is 3.38. The van der Waals surface area contributed by atoms with E-state index < -0.39 is 0 Å². The second-order valence-corrected chi connectivity index (χ2v) is 13.6. The molecule has 3 heterocycles. The Bertz CT molecular complexity index is 1750. The predicted octanol–water partition coefficient (Wildman–Crippen LogP) is 5.46. The summed E-state index contributed by atoms with van der Waals surface area (Å²) in [5.74, 6) is 0.571. The molecule has 2 aromatic carbocycles. The lowest BCUT2D eigenvalue weighted by Crippen LogP contribution is -2.67. The molecule has 10 rings (SSSR count). The van der Waals surface area contributed by atoms with Crippen LogP contribution in [0, 0.1) is 22.2 Å². The smallest absolute Gasteiger partial charge is 0.246 e. The van der Waals surface area contributed by atoms with E-state index in [2.05, 4.69) is 81.5 Å². The number of rotatable bonds is 1. The quantitative estimate of drug-likeness (QED) is 0.425. The average molecular weight is 492 g/mol. The van der Waals surface area contributed by atoms with Gasteiger partial charge in [-0.1, -0.05) is 81.5 Å². The van der Waals surface area contributed by atoms with Gasteiger partial charge in [0.15, 0.2) is 0 Å². The lowest BCUT2D eigenvalue weighted by Gasteiger charge is -2.67. The molecule has 4 bridgehead atoms. The van der Waals surface area contributed by atoms with Crippen molar-refractivity contribution in [2.75, 3.05) is 0 Å². The normalized spacial score (nSPS) is 40.8. The van der Waals surface area contributed by atoms with Crippen LogP contribution in [-0.2, 0) is 11.8 Å². The van der Waals surface area contributed by atoms with Gasteiger partial charge in [0.05, 0.1) is 17.5 Å². The van der Waals surface area contributed by atoms with Crippen molar-refractivity contribution in [3.8, 4) is 0 Å². The Hall–Kier alpha value is -3.08. The minimum Gasteiger partial charge on any atom is -0.246 e. The topological polar surface area (TPSA) is 48.9 Å². The molecule has 0 N–H and O–H groups in total. The van der Waals surface area contributed by atoms with Crippen LogP contribution < -0.4 is 11.4 Å². The SMILES string of the molecule is CC1(C)C2CCC1(C)C(n1c(=O)n3n(c1=O)C1C=CC3C34C=CC13c1c(ccc3ccccc13)CC4)C2. The summed E-state index contributed by atoms with van der Waals surface area (Å²) in [5, 5.41) is 2.54. The Morgan fingerprint density at radius 1 is 0.865 bits per heavy atom. The van der Waals surface area contributed by atoms with Crippen molar-refractivity contribution in [1.29, 1.82) is 0 Å². The molecule has 3 aromatic rings. The summed E-state index contributed by atoms with van der Waals surface area (Å²) >= 11 is 0. The van der Waals surface area contributed by atoms with Crippen LogP contribution in [0.3, 0.4) is 0 Å². The van der Waals surface area contributed by atoms with Gasteiger partial charge in [0, 0.05) is 11.5 Å². The summed E-state index contributed by atoms with van der Waals surface area (Å²) in [6.45, 7) is 7.04. The molecule has 0 spiro atoms. The zero-order chi connectivity index (χ0) is 25.1. The molecular weight excluding hydrogens is 458 g/mol. The molecular formula is C32H33N3O2. The van der Waals surface area contributed by atoms with Crippen molar-refractivity contribution in [2.45, 2.75) is 76.4 Å². The van der Waals surface area contributed by atoms with E-state index in [0.717, 1.165) is 25.7 Å². The van der Waals surface area contributed by atoms with Crippen LogP contribution in [0.2, 0.25) is 0 Å². The highest BCUT2D eigenvalue weighted by atomic mass is 16.2. The first-order valence-corrected chi connectivity index (χ1v) is 14.1. The van der Waals surface area contributed by atoms with Crippen LogP contribution in [0.15, 0.2) is 70.3 Å². The van der Waals surface area contributed by atoms with Gasteiger partial charge < -0.3 is 0 Å². The van der Waals surface area contributed by atoms with E-state index in [0.29, 0.717) is 5.92 Å². The van der Waals surface area contributed by atoms with E-state index in [9.17, 15) is 9.59 Å². The summed E-state index contributed by atoms with van der Waals surface area (Å²) in [5.41, 5.74) is 2.23. The second-order valence-electron chi connectivity index (χ2n) is 13.6. The van der Waals surface area contributed by atoms with Crippen molar-refractivity contribution < 1.29 is 0 Å². The molecule has 188 valence electrons. The van der Waals surface area contributed by atoms with E-state index in [1.54, 1.807) is 4.57 Å². The minimum atomic E-state index is -0.291. The van der Waals surface area contributed by atoms with Gasteiger partial charge in [-0.3, -0.25) is 0 Å². The number of hydrogen-bond donors (Lipinski definition) is 0. The molecule has 2 fully saturated rings. The zero-order valence-corrected chi connectivity index (χ0v) is 21.8. The van der Waals surface area contributed by atoms with E-state index in [4.69, 9.17) is 0 Å². The molecule has 7 atom stereocenters. The van der Waals surface area contributed by atoms with Crippen LogP contribution in [-0.4, -0.2) is 13.9 Å². The molecule has 7 aliphatic rings. The number of nitrogens with zero attached hydrogens (tertiary/aromatic N) is 3. The van der Waals surface area contributed by atoms with Crippen molar-refractivity contribution in [2.24, 2.45) is 22.2 Å². The molecule has 5 heteroatoms. The van der Waals surface area contributed by atoms with Gasteiger partial charge in [0.1, 0.15) is 0 Å². The summed E-state index contributed by atoms with van der Waals surface area (Å²) in [7, 11) is 0. The summed E-state index contributed by atoms with van der Waals surface area (Å²) < 4.78 is 5.43. The van der Waals surface area contributed by atoms with Gasteiger partial charge >= 0.3 is 11.4 Å². The number of aryl methyl sites for hydroxylation is 1. The molecule has 5 nitrogen and oxygen atoms in total. The van der Waals surface area contributed by atoms with Gasteiger partial charge in [-0.25, -0.2) is 23.5 Å². The fourth-order valence-corrected chi connectivity index (χ4v) is 10.4. The van der Waals surface area contributed by atoms with Gasteiger partial charge in [0.2, 0.25) is 0 Å². The average Bonchev–Trinajstić information content (AvgIpc) is 3.36. The number of allylic oxidation sites excluding steroid dienone is 4. The number of benzene rings is 2. The molecule has 0 saturated heterocycles. The van der Waals surface area contributed by atoms with E-state index in [1.807, 2.05) is 9.36 Å². The third-order valence-corrected chi connectivity index (χ3v) is 12.7. The minimum absolute atomic E-state index is 0.0259. The van der Waals surface area contributed by atoms with Crippen molar-refractivity contribution >= 4 is 10.8 Å². The first-order chi connectivity index (χ1) is 17.8. The molecule has 1 aromatic heterocycles. The van der Waals surface area contributed by atoms with Crippen molar-refractivity contribution in [1.82, 2.24) is 13.9 Å². The highest BCUT2D eigenvalue weighted by molar-refractivity contribution is 5.89. The first-order valence-electron chi connectivity index (χ1n) is 14.1. The third kappa shape index (κ3) is 1.89. The van der Waals surface area contributed by atoms with Crippen LogP contribution in [0.5, 0.6) is 0 Å². The molecule has 5 aliphatic carbocycles. The van der Waals surface area contributed by atoms with Gasteiger partial charge in [0.25, 0.3) is 0 Å². The van der Waals surface area contributed by atoms with Gasteiger partial charge in [-0.15, -0.1) is 0 Å². The largest absolute Gasteiger partial charge is 0.348 e. The van der Waals surface area contributed by atoms with Crippen LogP contribution in [0.25, 0.3) is 10.8 Å². The number of hydrogen-bond acceptors (Lipinski definition) is 2.